The summed E-state index contributed by atoms with van der Waals surface area (Å²) < 4.78 is 39.6. The molecule has 3 aromatic rings. The van der Waals surface area contributed by atoms with Crippen LogP contribution in [0.25, 0.3) is 10.9 Å². The fraction of sp³-hybridized carbons (Fsp3) is 0.481. The molecular formula is C27H35F3N4. The summed E-state index contributed by atoms with van der Waals surface area (Å²) in [5.41, 5.74) is 3.69. The van der Waals surface area contributed by atoms with Crippen LogP contribution >= 0.6 is 0 Å². The van der Waals surface area contributed by atoms with Crippen LogP contribution in [-0.2, 0) is 13.0 Å². The molecule has 0 amide bonds. The van der Waals surface area contributed by atoms with E-state index in [0.717, 1.165) is 50.6 Å². The molecule has 184 valence electrons. The molecular weight excluding hydrogens is 437 g/mol. The topological polar surface area (TPSA) is 34.3 Å². The second kappa shape index (κ2) is 10.8. The largest absolute Gasteiger partial charge is 0.380 e. The first-order chi connectivity index (χ1) is 16.4. The smallest absolute Gasteiger partial charge is 0.147 e. The Bertz CT molecular complexity index is 1090. The number of likely N-dealkylation sites (tertiary alicyclic amines) is 1. The molecule has 4 nitrogen and oxygen atoms in total. The van der Waals surface area contributed by atoms with Crippen molar-refractivity contribution >= 4 is 16.6 Å². The lowest BCUT2D eigenvalue weighted by molar-refractivity contribution is 0.159. The van der Waals surface area contributed by atoms with Gasteiger partial charge in [-0.05, 0) is 56.6 Å². The minimum atomic E-state index is -0.533. The minimum Gasteiger partial charge on any atom is -0.380 e. The SMILES string of the molecule is CCCCN1CC(Nc2cc(F)cc(F)c2)C1.CCN1Cc2[nH]c3c(F)cccc3c2CC1C. The number of hydrogen-bond acceptors (Lipinski definition) is 3. The first kappa shape index (κ1) is 24.6. The number of anilines is 1. The maximum Gasteiger partial charge on any atom is 0.147 e. The Morgan fingerprint density at radius 2 is 1.79 bits per heavy atom. The normalized spacial score (nSPS) is 18.8. The van der Waals surface area contributed by atoms with Crippen molar-refractivity contribution in [1.82, 2.24) is 14.8 Å². The summed E-state index contributed by atoms with van der Waals surface area (Å²) in [5.74, 6) is -1.21. The maximum atomic E-state index is 13.7. The van der Waals surface area contributed by atoms with Gasteiger partial charge in [-0.3, -0.25) is 9.80 Å². The van der Waals surface area contributed by atoms with E-state index in [9.17, 15) is 13.2 Å². The molecule has 0 saturated carbocycles. The van der Waals surface area contributed by atoms with Gasteiger partial charge in [0, 0.05) is 48.5 Å². The summed E-state index contributed by atoms with van der Waals surface area (Å²) in [6.07, 6.45) is 3.41. The number of unbranched alkanes of at least 4 members (excludes halogenated alkanes) is 1. The van der Waals surface area contributed by atoms with Crippen LogP contribution in [0.15, 0.2) is 36.4 Å². The van der Waals surface area contributed by atoms with Gasteiger partial charge in [0.2, 0.25) is 0 Å². The number of benzene rings is 2. The number of aromatic nitrogens is 1. The Labute approximate surface area is 200 Å². The third-order valence-electron chi connectivity index (χ3n) is 6.89. The second-order valence-corrected chi connectivity index (χ2v) is 9.47. The van der Waals surface area contributed by atoms with Crippen LogP contribution in [-0.4, -0.2) is 53.0 Å². The number of H-pyrrole nitrogens is 1. The van der Waals surface area contributed by atoms with Crippen molar-refractivity contribution < 1.29 is 13.2 Å². The number of rotatable bonds is 6. The van der Waals surface area contributed by atoms with Gasteiger partial charge in [-0.2, -0.15) is 0 Å². The van der Waals surface area contributed by atoms with Gasteiger partial charge in [0.05, 0.1) is 11.6 Å². The van der Waals surface area contributed by atoms with Gasteiger partial charge in [0.15, 0.2) is 0 Å². The number of hydrogen-bond donors (Lipinski definition) is 2. The van der Waals surface area contributed by atoms with E-state index in [4.69, 9.17) is 0 Å². The number of nitrogens with zero attached hydrogens (tertiary/aromatic N) is 2. The van der Waals surface area contributed by atoms with Crippen molar-refractivity contribution in [3.63, 3.8) is 0 Å². The molecule has 2 aliphatic heterocycles. The zero-order valence-corrected chi connectivity index (χ0v) is 20.3. The Morgan fingerprint density at radius 3 is 2.47 bits per heavy atom. The third-order valence-corrected chi connectivity index (χ3v) is 6.89. The fourth-order valence-electron chi connectivity index (χ4n) is 4.96. The number of halogens is 3. The zero-order valence-electron chi connectivity index (χ0n) is 20.3. The van der Waals surface area contributed by atoms with E-state index in [1.165, 1.54) is 42.3 Å². The van der Waals surface area contributed by atoms with Crippen LogP contribution in [0.2, 0.25) is 0 Å². The van der Waals surface area contributed by atoms with E-state index in [2.05, 4.69) is 40.9 Å². The van der Waals surface area contributed by atoms with Gasteiger partial charge in [-0.25, -0.2) is 13.2 Å². The molecule has 0 bridgehead atoms. The number of aromatic amines is 1. The fourth-order valence-corrected chi connectivity index (χ4v) is 4.96. The molecule has 0 spiro atoms. The van der Waals surface area contributed by atoms with Crippen molar-refractivity contribution in [2.75, 3.05) is 31.5 Å². The van der Waals surface area contributed by atoms with Gasteiger partial charge in [-0.15, -0.1) is 0 Å². The van der Waals surface area contributed by atoms with Crippen molar-refractivity contribution in [3.8, 4) is 0 Å². The summed E-state index contributed by atoms with van der Waals surface area (Å²) >= 11 is 0. The average Bonchev–Trinajstić information content (AvgIpc) is 3.13. The van der Waals surface area contributed by atoms with E-state index in [0.29, 0.717) is 23.3 Å². The summed E-state index contributed by atoms with van der Waals surface area (Å²) in [7, 11) is 0. The minimum absolute atomic E-state index is 0.146. The molecule has 0 radical (unpaired) electrons. The van der Waals surface area contributed by atoms with Crippen LogP contribution in [0.1, 0.15) is 44.9 Å². The monoisotopic (exact) mass is 472 g/mol. The molecule has 34 heavy (non-hydrogen) atoms. The van der Waals surface area contributed by atoms with Gasteiger partial charge in [-0.1, -0.05) is 32.4 Å². The maximum absolute atomic E-state index is 13.7. The van der Waals surface area contributed by atoms with Crippen LogP contribution in [0, 0.1) is 17.5 Å². The van der Waals surface area contributed by atoms with Gasteiger partial charge < -0.3 is 10.3 Å². The second-order valence-electron chi connectivity index (χ2n) is 9.47. The third kappa shape index (κ3) is 5.58. The van der Waals surface area contributed by atoms with E-state index < -0.39 is 11.6 Å². The zero-order chi connectivity index (χ0) is 24.2. The van der Waals surface area contributed by atoms with Crippen LogP contribution in [0.3, 0.4) is 0 Å². The van der Waals surface area contributed by atoms with Crippen LogP contribution in [0.5, 0.6) is 0 Å². The highest BCUT2D eigenvalue weighted by Gasteiger charge is 2.26. The van der Waals surface area contributed by atoms with Crippen molar-refractivity contribution in [3.05, 3.63) is 65.1 Å². The highest BCUT2D eigenvalue weighted by molar-refractivity contribution is 5.85. The molecule has 5 rings (SSSR count). The number of fused-ring (bicyclic) bond motifs is 3. The molecule has 1 atom stereocenters. The summed E-state index contributed by atoms with van der Waals surface area (Å²) in [6, 6.07) is 9.73. The molecule has 3 heterocycles. The molecule has 7 heteroatoms. The predicted octanol–water partition coefficient (Wildman–Crippen LogP) is 5.93. The molecule has 1 fully saturated rings. The Morgan fingerprint density at radius 1 is 1.06 bits per heavy atom. The molecule has 1 unspecified atom stereocenters. The van der Waals surface area contributed by atoms with Gasteiger partial charge >= 0.3 is 0 Å². The number of likely N-dealkylation sites (N-methyl/N-ethyl adjacent to an activating group) is 1. The van der Waals surface area contributed by atoms with Gasteiger partial charge in [0.1, 0.15) is 17.5 Å². The van der Waals surface area contributed by atoms with Crippen LogP contribution in [0.4, 0.5) is 18.9 Å². The van der Waals surface area contributed by atoms with Crippen molar-refractivity contribution in [2.24, 2.45) is 0 Å². The Kier molecular flexibility index (Phi) is 7.84. The molecule has 2 aromatic carbocycles. The lowest BCUT2D eigenvalue weighted by Crippen LogP contribution is -2.54. The molecule has 1 saturated heterocycles. The summed E-state index contributed by atoms with van der Waals surface area (Å²) in [5, 5.41) is 4.20. The van der Waals surface area contributed by atoms with E-state index in [-0.39, 0.29) is 5.82 Å². The summed E-state index contributed by atoms with van der Waals surface area (Å²) in [4.78, 5) is 8.01. The first-order valence-corrected chi connectivity index (χ1v) is 12.3. The first-order valence-electron chi connectivity index (χ1n) is 12.3. The van der Waals surface area contributed by atoms with E-state index >= 15 is 0 Å². The lowest BCUT2D eigenvalue weighted by Gasteiger charge is -2.40. The Balaban J connectivity index is 0.000000161. The molecule has 1 aromatic heterocycles. The highest BCUT2D eigenvalue weighted by Crippen LogP contribution is 2.31. The number of nitrogens with one attached hydrogen (secondary N) is 2. The standard InChI is InChI=1S/C14H17FN2.C13H18F2N2/c1-3-17-8-13-11(7-9(17)2)10-5-4-6-12(15)14(10)16-13;1-2-3-4-17-8-13(9-17)16-12-6-10(14)5-11(15)7-12/h4-6,9,16H,3,7-8H2,1-2H3;5-7,13,16H,2-4,8-9H2,1H3. The average molecular weight is 473 g/mol. The van der Waals surface area contributed by atoms with Crippen LogP contribution < -0.4 is 5.32 Å². The predicted molar refractivity (Wildman–Crippen MR) is 133 cm³/mol. The van der Waals surface area contributed by atoms with Crippen molar-refractivity contribution in [1.29, 1.82) is 0 Å². The molecule has 2 aliphatic rings. The van der Waals surface area contributed by atoms with Gasteiger partial charge in [0.25, 0.3) is 0 Å². The molecule has 2 N–H and O–H groups in total. The van der Waals surface area contributed by atoms with Crippen molar-refractivity contribution in [2.45, 2.75) is 58.7 Å². The lowest BCUT2D eigenvalue weighted by atomic mass is 9.98. The summed E-state index contributed by atoms with van der Waals surface area (Å²) in [6.45, 7) is 11.6. The number of para-hydroxylation sites is 1. The quantitative estimate of drug-likeness (QED) is 0.466. The van der Waals surface area contributed by atoms with E-state index in [1.54, 1.807) is 6.07 Å². The molecule has 0 aliphatic carbocycles. The van der Waals surface area contributed by atoms with E-state index in [1.807, 2.05) is 6.07 Å². The highest BCUT2D eigenvalue weighted by atomic mass is 19.1. The Hall–Kier alpha value is -2.51.